The van der Waals surface area contributed by atoms with Crippen LogP contribution in [0.4, 0.5) is 13.2 Å². The van der Waals surface area contributed by atoms with Crippen molar-refractivity contribution in [3.05, 3.63) is 35.9 Å². The predicted octanol–water partition coefficient (Wildman–Crippen LogP) is 2.29. The van der Waals surface area contributed by atoms with Crippen LogP contribution in [0.3, 0.4) is 0 Å². The van der Waals surface area contributed by atoms with Crippen molar-refractivity contribution in [2.24, 2.45) is 5.73 Å². The van der Waals surface area contributed by atoms with Gasteiger partial charge in [-0.15, -0.1) is 12.6 Å². The monoisotopic (exact) mass is 207 g/mol. The molecule has 0 heterocycles. The van der Waals surface area contributed by atoms with E-state index in [0.717, 1.165) is 0 Å². The molecule has 0 aliphatic carbocycles. The number of thiol groups is 1. The summed E-state index contributed by atoms with van der Waals surface area (Å²) in [5, 5.41) is 0. The van der Waals surface area contributed by atoms with E-state index in [0.29, 0.717) is 0 Å². The zero-order valence-corrected chi connectivity index (χ0v) is 7.44. The number of nitrogens with two attached hydrogens (primary N) is 1. The Balaban J connectivity index is 3.08. The molecule has 5 heteroatoms. The fourth-order valence-electron chi connectivity index (χ4n) is 0.856. The molecule has 0 bridgehead atoms. The van der Waals surface area contributed by atoms with Crippen LogP contribution in [-0.2, 0) is 4.87 Å². The molecule has 0 saturated heterocycles. The Morgan fingerprint density at radius 2 is 1.54 bits per heavy atom. The van der Waals surface area contributed by atoms with Crippen LogP contribution < -0.4 is 5.73 Å². The third-order valence-corrected chi connectivity index (χ3v) is 2.16. The first-order chi connectivity index (χ1) is 5.86. The van der Waals surface area contributed by atoms with E-state index in [-0.39, 0.29) is 5.56 Å². The molecule has 1 rings (SSSR count). The van der Waals surface area contributed by atoms with Crippen LogP contribution in [0.15, 0.2) is 30.3 Å². The van der Waals surface area contributed by atoms with Gasteiger partial charge in [-0.1, -0.05) is 30.3 Å². The molecule has 1 atom stereocenters. The van der Waals surface area contributed by atoms with Crippen molar-refractivity contribution in [1.82, 2.24) is 0 Å². The molecule has 0 aliphatic rings. The van der Waals surface area contributed by atoms with Gasteiger partial charge in [0.2, 0.25) is 0 Å². The smallest absolute Gasteiger partial charge is 0.306 e. The second-order valence-electron chi connectivity index (χ2n) is 2.63. The van der Waals surface area contributed by atoms with Crippen molar-refractivity contribution < 1.29 is 13.2 Å². The Hall–Kier alpha value is -0.680. The molecule has 1 unspecified atom stereocenters. The van der Waals surface area contributed by atoms with E-state index in [2.05, 4.69) is 12.6 Å². The lowest BCUT2D eigenvalue weighted by Crippen LogP contribution is -2.45. The third-order valence-electron chi connectivity index (χ3n) is 1.65. The Morgan fingerprint density at radius 3 is 1.92 bits per heavy atom. The van der Waals surface area contributed by atoms with Gasteiger partial charge in [-0.25, -0.2) is 0 Å². The van der Waals surface area contributed by atoms with Crippen LogP contribution in [0.5, 0.6) is 0 Å². The predicted molar refractivity (Wildman–Crippen MR) is 47.3 cm³/mol. The summed E-state index contributed by atoms with van der Waals surface area (Å²) < 4.78 is 37.0. The van der Waals surface area contributed by atoms with E-state index in [1.807, 2.05) is 0 Å². The molecule has 0 aliphatic heterocycles. The Bertz CT molecular complexity index is 281. The highest BCUT2D eigenvalue weighted by atomic mass is 32.1. The molecule has 13 heavy (non-hydrogen) atoms. The molecule has 0 saturated carbocycles. The molecule has 0 aromatic heterocycles. The summed E-state index contributed by atoms with van der Waals surface area (Å²) in [6.07, 6.45) is -4.56. The second-order valence-corrected chi connectivity index (χ2v) is 3.34. The number of halogens is 3. The van der Waals surface area contributed by atoms with Crippen LogP contribution in [0, 0.1) is 0 Å². The van der Waals surface area contributed by atoms with Gasteiger partial charge in [0.25, 0.3) is 0 Å². The van der Waals surface area contributed by atoms with Gasteiger partial charge in [0.1, 0.15) is 0 Å². The van der Waals surface area contributed by atoms with Crippen molar-refractivity contribution in [2.45, 2.75) is 11.0 Å². The number of rotatable bonds is 1. The highest BCUT2D eigenvalue weighted by molar-refractivity contribution is 7.81. The SMILES string of the molecule is NC(S)(c1ccccc1)C(F)(F)F. The molecular formula is C8H8F3NS. The second kappa shape index (κ2) is 3.23. The zero-order valence-electron chi connectivity index (χ0n) is 6.55. The van der Waals surface area contributed by atoms with E-state index in [4.69, 9.17) is 5.73 Å². The average Bonchev–Trinajstić information content (AvgIpc) is 2.04. The average molecular weight is 207 g/mol. The number of hydrogen-bond donors (Lipinski definition) is 2. The van der Waals surface area contributed by atoms with Gasteiger partial charge < -0.3 is 5.73 Å². The molecule has 72 valence electrons. The van der Waals surface area contributed by atoms with E-state index in [1.54, 1.807) is 6.07 Å². The van der Waals surface area contributed by atoms with Gasteiger partial charge in [-0.2, -0.15) is 13.2 Å². The zero-order chi connectivity index (χ0) is 10.1. The van der Waals surface area contributed by atoms with E-state index < -0.39 is 11.0 Å². The Kier molecular flexibility index (Phi) is 2.58. The molecule has 0 spiro atoms. The minimum absolute atomic E-state index is 0.0640. The Morgan fingerprint density at radius 1 is 1.08 bits per heavy atom. The first-order valence-corrected chi connectivity index (χ1v) is 3.94. The topological polar surface area (TPSA) is 26.0 Å². The summed E-state index contributed by atoms with van der Waals surface area (Å²) in [5.41, 5.74) is 4.99. The Labute approximate surface area is 79.2 Å². The highest BCUT2D eigenvalue weighted by Gasteiger charge is 2.50. The fraction of sp³-hybridized carbons (Fsp3) is 0.250. The quantitative estimate of drug-likeness (QED) is 0.536. The summed E-state index contributed by atoms with van der Waals surface area (Å²) in [5.74, 6) is 0. The molecule has 0 radical (unpaired) electrons. The van der Waals surface area contributed by atoms with Gasteiger partial charge >= 0.3 is 6.18 Å². The van der Waals surface area contributed by atoms with E-state index >= 15 is 0 Å². The number of hydrogen-bond acceptors (Lipinski definition) is 2. The summed E-state index contributed by atoms with van der Waals surface area (Å²) in [6.45, 7) is 0. The molecule has 1 nitrogen and oxygen atoms in total. The molecule has 0 fully saturated rings. The molecule has 2 N–H and O–H groups in total. The lowest BCUT2D eigenvalue weighted by Gasteiger charge is -2.26. The number of alkyl halides is 3. The molecule has 0 amide bonds. The first-order valence-electron chi connectivity index (χ1n) is 3.49. The maximum Gasteiger partial charge on any atom is 0.419 e. The number of benzene rings is 1. The van der Waals surface area contributed by atoms with Crippen molar-refractivity contribution >= 4 is 12.6 Å². The summed E-state index contributed by atoms with van der Waals surface area (Å²) in [6, 6.07) is 7.17. The van der Waals surface area contributed by atoms with Crippen LogP contribution in [-0.4, -0.2) is 6.18 Å². The van der Waals surface area contributed by atoms with Crippen molar-refractivity contribution in [1.29, 1.82) is 0 Å². The summed E-state index contributed by atoms with van der Waals surface area (Å²) in [7, 11) is 0. The highest BCUT2D eigenvalue weighted by Crippen LogP contribution is 2.39. The van der Waals surface area contributed by atoms with Gasteiger partial charge in [0.15, 0.2) is 4.87 Å². The van der Waals surface area contributed by atoms with Gasteiger partial charge in [-0.3, -0.25) is 0 Å². The normalized spacial score (nSPS) is 16.7. The maximum absolute atomic E-state index is 12.3. The third kappa shape index (κ3) is 1.97. The molecule has 1 aromatic rings. The fourth-order valence-corrected chi connectivity index (χ4v) is 1.00. The van der Waals surface area contributed by atoms with Gasteiger partial charge in [-0.05, 0) is 5.56 Å². The maximum atomic E-state index is 12.3. The minimum atomic E-state index is -4.56. The van der Waals surface area contributed by atoms with Crippen LogP contribution in [0.25, 0.3) is 0 Å². The lowest BCUT2D eigenvalue weighted by atomic mass is 10.1. The largest absolute Gasteiger partial charge is 0.419 e. The van der Waals surface area contributed by atoms with Crippen molar-refractivity contribution in [3.8, 4) is 0 Å². The standard InChI is InChI=1S/C8H8F3NS/c9-8(10,11)7(12,13)6-4-2-1-3-5-6/h1-5,13H,12H2. The first kappa shape index (κ1) is 10.4. The summed E-state index contributed by atoms with van der Waals surface area (Å²) in [4.78, 5) is -2.58. The van der Waals surface area contributed by atoms with Crippen LogP contribution in [0.1, 0.15) is 5.56 Å². The van der Waals surface area contributed by atoms with Crippen LogP contribution >= 0.6 is 12.6 Å². The molecular weight excluding hydrogens is 199 g/mol. The summed E-state index contributed by atoms with van der Waals surface area (Å²) >= 11 is 3.41. The molecule has 1 aromatic carbocycles. The van der Waals surface area contributed by atoms with Gasteiger partial charge in [0.05, 0.1) is 0 Å². The van der Waals surface area contributed by atoms with Crippen LogP contribution in [0.2, 0.25) is 0 Å². The van der Waals surface area contributed by atoms with E-state index in [9.17, 15) is 13.2 Å². The lowest BCUT2D eigenvalue weighted by molar-refractivity contribution is -0.160. The van der Waals surface area contributed by atoms with Gasteiger partial charge in [0, 0.05) is 0 Å². The van der Waals surface area contributed by atoms with Crippen molar-refractivity contribution in [3.63, 3.8) is 0 Å². The van der Waals surface area contributed by atoms with E-state index in [1.165, 1.54) is 24.3 Å². The van der Waals surface area contributed by atoms with Crippen molar-refractivity contribution in [2.75, 3.05) is 0 Å². The minimum Gasteiger partial charge on any atom is -0.306 e.